The average molecular weight is 224 g/mol. The predicted octanol–water partition coefficient (Wildman–Crippen LogP) is 0.741. The van der Waals surface area contributed by atoms with Gasteiger partial charge in [-0.15, -0.1) is 0 Å². The molecule has 0 aromatic carbocycles. The molecule has 2 heterocycles. The number of rotatable bonds is 4. The first-order valence-corrected chi connectivity index (χ1v) is 5.82. The summed E-state index contributed by atoms with van der Waals surface area (Å²) >= 11 is 0. The van der Waals surface area contributed by atoms with Crippen molar-refractivity contribution in [1.29, 1.82) is 0 Å². The van der Waals surface area contributed by atoms with Crippen LogP contribution in [0.3, 0.4) is 0 Å². The van der Waals surface area contributed by atoms with Crippen LogP contribution >= 0.6 is 0 Å². The molecule has 0 saturated carbocycles. The average Bonchev–Trinajstić information content (AvgIpc) is 2.74. The monoisotopic (exact) mass is 224 g/mol. The molecule has 16 heavy (non-hydrogen) atoms. The number of ether oxygens (including phenoxy) is 1. The third-order valence-corrected chi connectivity index (χ3v) is 3.24. The second-order valence-electron chi connectivity index (χ2n) is 4.46. The van der Waals surface area contributed by atoms with E-state index in [1.165, 1.54) is 0 Å². The maximum Gasteiger partial charge on any atom is 0.0538 e. The molecule has 0 aliphatic carbocycles. The summed E-state index contributed by atoms with van der Waals surface area (Å²) < 4.78 is 7.17. The molecule has 1 saturated heterocycles. The van der Waals surface area contributed by atoms with Crippen molar-refractivity contribution >= 4 is 0 Å². The van der Waals surface area contributed by atoms with Crippen molar-refractivity contribution in [3.8, 4) is 0 Å². The van der Waals surface area contributed by atoms with Crippen molar-refractivity contribution in [3.63, 3.8) is 0 Å². The fourth-order valence-corrected chi connectivity index (χ4v) is 2.24. The highest BCUT2D eigenvalue weighted by molar-refractivity contribution is 5.10. The van der Waals surface area contributed by atoms with Gasteiger partial charge in [-0.2, -0.15) is 5.10 Å². The van der Waals surface area contributed by atoms with Crippen LogP contribution in [0.4, 0.5) is 0 Å². The van der Waals surface area contributed by atoms with Crippen molar-refractivity contribution in [1.82, 2.24) is 15.2 Å². The van der Waals surface area contributed by atoms with Crippen molar-refractivity contribution in [2.24, 2.45) is 18.8 Å². The molecule has 1 fully saturated rings. The minimum atomic E-state index is 0.205. The number of hydrazine groups is 1. The van der Waals surface area contributed by atoms with Crippen LogP contribution in [0.5, 0.6) is 0 Å². The van der Waals surface area contributed by atoms with E-state index in [9.17, 15) is 0 Å². The Labute approximate surface area is 95.9 Å². The Morgan fingerprint density at radius 1 is 1.62 bits per heavy atom. The van der Waals surface area contributed by atoms with Crippen LogP contribution in [0.25, 0.3) is 0 Å². The van der Waals surface area contributed by atoms with Gasteiger partial charge in [0.05, 0.1) is 6.20 Å². The number of hydrogen-bond donors (Lipinski definition) is 2. The van der Waals surface area contributed by atoms with E-state index >= 15 is 0 Å². The molecule has 90 valence electrons. The highest BCUT2D eigenvalue weighted by Crippen LogP contribution is 2.26. The molecule has 3 N–H and O–H groups in total. The third kappa shape index (κ3) is 2.81. The molecule has 2 rings (SSSR count). The SMILES string of the molecule is Cn1cc(C(CC2CCOCC2)NN)cn1. The van der Waals surface area contributed by atoms with Crippen LogP contribution < -0.4 is 11.3 Å². The lowest BCUT2D eigenvalue weighted by atomic mass is 9.91. The normalized spacial score (nSPS) is 19.9. The minimum absolute atomic E-state index is 0.205. The topological polar surface area (TPSA) is 65.1 Å². The molecule has 1 aliphatic heterocycles. The molecule has 0 spiro atoms. The second kappa shape index (κ2) is 5.43. The summed E-state index contributed by atoms with van der Waals surface area (Å²) in [6, 6.07) is 0.205. The number of nitrogens with two attached hydrogens (primary N) is 1. The second-order valence-corrected chi connectivity index (χ2v) is 4.46. The fourth-order valence-electron chi connectivity index (χ4n) is 2.24. The molecule has 1 aromatic rings. The highest BCUT2D eigenvalue weighted by Gasteiger charge is 2.20. The quantitative estimate of drug-likeness (QED) is 0.585. The summed E-state index contributed by atoms with van der Waals surface area (Å²) in [5, 5.41) is 4.17. The van der Waals surface area contributed by atoms with Gasteiger partial charge >= 0.3 is 0 Å². The van der Waals surface area contributed by atoms with Gasteiger partial charge in [-0.05, 0) is 25.2 Å². The van der Waals surface area contributed by atoms with Crippen molar-refractivity contribution < 1.29 is 4.74 Å². The number of aryl methyl sites for hydroxylation is 1. The van der Waals surface area contributed by atoms with Crippen molar-refractivity contribution in [2.45, 2.75) is 25.3 Å². The van der Waals surface area contributed by atoms with Gasteiger partial charge in [-0.1, -0.05) is 0 Å². The molecule has 0 amide bonds. The third-order valence-electron chi connectivity index (χ3n) is 3.24. The molecule has 1 aromatic heterocycles. The van der Waals surface area contributed by atoms with Crippen LogP contribution in [0, 0.1) is 5.92 Å². The zero-order chi connectivity index (χ0) is 11.4. The first-order chi connectivity index (χ1) is 7.79. The van der Waals surface area contributed by atoms with E-state index in [2.05, 4.69) is 10.5 Å². The molecular formula is C11H20N4O. The number of nitrogens with zero attached hydrogens (tertiary/aromatic N) is 2. The summed E-state index contributed by atoms with van der Waals surface area (Å²) in [6.45, 7) is 1.77. The first-order valence-electron chi connectivity index (χ1n) is 5.82. The summed E-state index contributed by atoms with van der Waals surface area (Å²) in [4.78, 5) is 0. The van der Waals surface area contributed by atoms with Gasteiger partial charge in [-0.25, -0.2) is 0 Å². The summed E-state index contributed by atoms with van der Waals surface area (Å²) in [5.41, 5.74) is 4.05. The Morgan fingerprint density at radius 3 is 2.94 bits per heavy atom. The maximum atomic E-state index is 5.61. The van der Waals surface area contributed by atoms with E-state index in [1.54, 1.807) is 0 Å². The van der Waals surface area contributed by atoms with Gasteiger partial charge in [-0.3, -0.25) is 16.0 Å². The van der Waals surface area contributed by atoms with Gasteiger partial charge in [0.15, 0.2) is 0 Å². The van der Waals surface area contributed by atoms with Gasteiger partial charge < -0.3 is 4.74 Å². The van der Waals surface area contributed by atoms with E-state index in [-0.39, 0.29) is 6.04 Å². The molecule has 5 heteroatoms. The van der Waals surface area contributed by atoms with Gasteiger partial charge in [0.25, 0.3) is 0 Å². The lowest BCUT2D eigenvalue weighted by Gasteiger charge is -2.25. The standard InChI is InChI=1S/C11H20N4O/c1-15-8-10(7-13-15)11(14-12)6-9-2-4-16-5-3-9/h7-9,11,14H,2-6,12H2,1H3. The van der Waals surface area contributed by atoms with E-state index in [4.69, 9.17) is 10.6 Å². The van der Waals surface area contributed by atoms with Gasteiger partial charge in [0.2, 0.25) is 0 Å². The molecule has 0 radical (unpaired) electrons. The van der Waals surface area contributed by atoms with E-state index in [0.29, 0.717) is 5.92 Å². The Bertz CT molecular complexity index is 320. The zero-order valence-corrected chi connectivity index (χ0v) is 9.72. The number of aromatic nitrogens is 2. The van der Waals surface area contributed by atoms with Gasteiger partial charge in [0.1, 0.15) is 0 Å². The first kappa shape index (κ1) is 11.6. The van der Waals surface area contributed by atoms with Crippen LogP contribution in [0.15, 0.2) is 12.4 Å². The highest BCUT2D eigenvalue weighted by atomic mass is 16.5. The Morgan fingerprint density at radius 2 is 2.38 bits per heavy atom. The van der Waals surface area contributed by atoms with E-state index < -0.39 is 0 Å². The summed E-state index contributed by atoms with van der Waals surface area (Å²) in [5.74, 6) is 6.32. The maximum absolute atomic E-state index is 5.61. The Kier molecular flexibility index (Phi) is 3.93. The van der Waals surface area contributed by atoms with Crippen LogP contribution in [-0.2, 0) is 11.8 Å². The zero-order valence-electron chi connectivity index (χ0n) is 9.72. The Balaban J connectivity index is 1.94. The van der Waals surface area contributed by atoms with Crippen LogP contribution in [-0.4, -0.2) is 23.0 Å². The predicted molar refractivity (Wildman–Crippen MR) is 61.4 cm³/mol. The molecule has 5 nitrogen and oxygen atoms in total. The van der Waals surface area contributed by atoms with Crippen molar-refractivity contribution in [3.05, 3.63) is 18.0 Å². The molecule has 0 bridgehead atoms. The number of hydrogen-bond acceptors (Lipinski definition) is 4. The minimum Gasteiger partial charge on any atom is -0.381 e. The molecule has 1 aliphatic rings. The van der Waals surface area contributed by atoms with Gasteiger partial charge in [0, 0.05) is 38.1 Å². The van der Waals surface area contributed by atoms with Crippen LogP contribution in [0.2, 0.25) is 0 Å². The number of nitrogens with one attached hydrogen (secondary N) is 1. The largest absolute Gasteiger partial charge is 0.381 e. The van der Waals surface area contributed by atoms with Crippen LogP contribution in [0.1, 0.15) is 30.9 Å². The molecule has 1 atom stereocenters. The summed E-state index contributed by atoms with van der Waals surface area (Å²) in [6.07, 6.45) is 7.23. The van der Waals surface area contributed by atoms with E-state index in [0.717, 1.165) is 38.0 Å². The fraction of sp³-hybridized carbons (Fsp3) is 0.727. The van der Waals surface area contributed by atoms with E-state index in [1.807, 2.05) is 24.1 Å². The Hall–Kier alpha value is -0.910. The molecular weight excluding hydrogens is 204 g/mol. The smallest absolute Gasteiger partial charge is 0.0538 e. The lowest BCUT2D eigenvalue weighted by molar-refractivity contribution is 0.0605. The lowest BCUT2D eigenvalue weighted by Crippen LogP contribution is -2.30. The summed E-state index contributed by atoms with van der Waals surface area (Å²) in [7, 11) is 1.92. The van der Waals surface area contributed by atoms with Crippen molar-refractivity contribution in [2.75, 3.05) is 13.2 Å². The molecule has 1 unspecified atom stereocenters.